The van der Waals surface area contributed by atoms with Gasteiger partial charge in [-0.15, -0.1) is 10.2 Å². The van der Waals surface area contributed by atoms with E-state index in [1.165, 1.54) is 5.56 Å². The zero-order chi connectivity index (χ0) is 15.2. The number of nitrogens with one attached hydrogen (secondary N) is 1. The molecule has 0 aliphatic heterocycles. The van der Waals surface area contributed by atoms with Crippen LogP contribution in [-0.4, -0.2) is 31.7 Å². The first-order valence-corrected chi connectivity index (χ1v) is 7.13. The number of hydrogen-bond acceptors (Lipinski definition) is 4. The molecular formula is C15H20N4O2. The van der Waals surface area contributed by atoms with Gasteiger partial charge in [-0.1, -0.05) is 48.4 Å². The molecule has 1 heterocycles. The number of aromatic nitrogens is 4. The van der Waals surface area contributed by atoms with Crippen molar-refractivity contribution in [3.05, 3.63) is 41.2 Å². The van der Waals surface area contributed by atoms with Crippen molar-refractivity contribution in [1.82, 2.24) is 20.6 Å². The Hall–Kier alpha value is -2.24. The highest BCUT2D eigenvalue weighted by molar-refractivity contribution is 5.71. The minimum atomic E-state index is -0.807. The highest BCUT2D eigenvalue weighted by Crippen LogP contribution is 2.29. The lowest BCUT2D eigenvalue weighted by Crippen LogP contribution is -2.25. The van der Waals surface area contributed by atoms with Crippen LogP contribution in [0.1, 0.15) is 42.6 Å². The molecule has 2 N–H and O–H groups in total. The van der Waals surface area contributed by atoms with Crippen molar-refractivity contribution in [1.29, 1.82) is 0 Å². The number of aromatic amines is 1. The Morgan fingerprint density at radius 3 is 2.57 bits per heavy atom. The van der Waals surface area contributed by atoms with Crippen molar-refractivity contribution in [2.45, 2.75) is 39.0 Å². The average molecular weight is 288 g/mol. The van der Waals surface area contributed by atoms with E-state index >= 15 is 0 Å². The van der Waals surface area contributed by atoms with E-state index < -0.39 is 11.9 Å². The molecule has 0 amide bonds. The molecule has 1 aromatic carbocycles. The van der Waals surface area contributed by atoms with Gasteiger partial charge in [-0.3, -0.25) is 4.79 Å². The molecule has 0 saturated carbocycles. The lowest BCUT2D eigenvalue weighted by atomic mass is 9.83. The Kier molecular flexibility index (Phi) is 5.03. The summed E-state index contributed by atoms with van der Waals surface area (Å²) in [5.41, 5.74) is 2.26. The molecule has 0 bridgehead atoms. The molecule has 6 heteroatoms. The molecule has 2 rings (SSSR count). The van der Waals surface area contributed by atoms with E-state index in [0.717, 1.165) is 12.0 Å². The van der Waals surface area contributed by atoms with Crippen LogP contribution in [0.5, 0.6) is 0 Å². The van der Waals surface area contributed by atoms with Gasteiger partial charge in [0.25, 0.3) is 0 Å². The third-order valence-corrected chi connectivity index (χ3v) is 3.67. The smallest absolute Gasteiger partial charge is 0.307 e. The summed E-state index contributed by atoms with van der Waals surface area (Å²) < 4.78 is 0. The zero-order valence-corrected chi connectivity index (χ0v) is 12.3. The first kappa shape index (κ1) is 15.2. The maximum Gasteiger partial charge on any atom is 0.307 e. The molecule has 0 fully saturated rings. The summed E-state index contributed by atoms with van der Waals surface area (Å²) in [5, 5.41) is 23.5. The largest absolute Gasteiger partial charge is 0.481 e. The second kappa shape index (κ2) is 6.97. The maximum atomic E-state index is 11.6. The summed E-state index contributed by atoms with van der Waals surface area (Å²) in [6.07, 6.45) is 2.00. The number of aryl methyl sites for hydroxylation is 1. The van der Waals surface area contributed by atoms with E-state index in [0.29, 0.717) is 18.7 Å². The van der Waals surface area contributed by atoms with Gasteiger partial charge in [-0.25, -0.2) is 0 Å². The summed E-state index contributed by atoms with van der Waals surface area (Å²) in [4.78, 5) is 11.6. The molecule has 0 radical (unpaired) electrons. The normalized spacial score (nSPS) is 13.8. The Bertz CT molecular complexity index is 566. The van der Waals surface area contributed by atoms with Gasteiger partial charge in [0.2, 0.25) is 0 Å². The first-order valence-electron chi connectivity index (χ1n) is 7.13. The van der Waals surface area contributed by atoms with Crippen LogP contribution in [0.25, 0.3) is 0 Å². The second-order valence-electron chi connectivity index (χ2n) is 5.30. The summed E-state index contributed by atoms with van der Waals surface area (Å²) in [5.74, 6) is -1.12. The number of H-pyrrole nitrogens is 1. The van der Waals surface area contributed by atoms with Gasteiger partial charge in [-0.2, -0.15) is 5.21 Å². The van der Waals surface area contributed by atoms with Gasteiger partial charge >= 0.3 is 5.97 Å². The van der Waals surface area contributed by atoms with Crippen molar-refractivity contribution in [3.8, 4) is 0 Å². The third kappa shape index (κ3) is 3.87. The topological polar surface area (TPSA) is 91.8 Å². The number of tetrazole rings is 1. The van der Waals surface area contributed by atoms with E-state index in [1.807, 2.05) is 38.1 Å². The van der Waals surface area contributed by atoms with Crippen molar-refractivity contribution in [3.63, 3.8) is 0 Å². The SMILES string of the molecule is CCCC(C(=O)O)C(Cc1ccc(C)cc1)c1nn[nH]n1. The highest BCUT2D eigenvalue weighted by Gasteiger charge is 2.31. The van der Waals surface area contributed by atoms with Gasteiger partial charge in [-0.05, 0) is 25.3 Å². The number of benzene rings is 1. The Morgan fingerprint density at radius 2 is 2.05 bits per heavy atom. The fourth-order valence-electron chi connectivity index (χ4n) is 2.53. The Morgan fingerprint density at radius 1 is 1.33 bits per heavy atom. The molecule has 0 aliphatic rings. The molecule has 21 heavy (non-hydrogen) atoms. The van der Waals surface area contributed by atoms with E-state index in [9.17, 15) is 9.90 Å². The summed E-state index contributed by atoms with van der Waals surface area (Å²) in [6, 6.07) is 8.09. The summed E-state index contributed by atoms with van der Waals surface area (Å²) in [7, 11) is 0. The predicted octanol–water partition coefficient (Wildman–Crippen LogP) is 2.34. The van der Waals surface area contributed by atoms with Crippen molar-refractivity contribution >= 4 is 5.97 Å². The van der Waals surface area contributed by atoms with Crippen LogP contribution < -0.4 is 0 Å². The second-order valence-corrected chi connectivity index (χ2v) is 5.30. The lowest BCUT2D eigenvalue weighted by Gasteiger charge is -2.21. The van der Waals surface area contributed by atoms with Crippen LogP contribution in [0.15, 0.2) is 24.3 Å². The zero-order valence-electron chi connectivity index (χ0n) is 12.3. The van der Waals surface area contributed by atoms with Crippen molar-refractivity contribution < 1.29 is 9.90 Å². The molecule has 112 valence electrons. The monoisotopic (exact) mass is 288 g/mol. The quantitative estimate of drug-likeness (QED) is 0.815. The fraction of sp³-hybridized carbons (Fsp3) is 0.467. The number of carbonyl (C=O) groups is 1. The Balaban J connectivity index is 2.27. The third-order valence-electron chi connectivity index (χ3n) is 3.67. The van der Waals surface area contributed by atoms with Crippen LogP contribution in [-0.2, 0) is 11.2 Å². The van der Waals surface area contributed by atoms with Crippen molar-refractivity contribution in [2.75, 3.05) is 0 Å². The van der Waals surface area contributed by atoms with Gasteiger partial charge in [0.1, 0.15) is 0 Å². The van der Waals surface area contributed by atoms with E-state index in [2.05, 4.69) is 20.6 Å². The fourth-order valence-corrected chi connectivity index (χ4v) is 2.53. The number of carboxylic acid groups (broad SMARTS) is 1. The van der Waals surface area contributed by atoms with Gasteiger partial charge in [0, 0.05) is 5.92 Å². The van der Waals surface area contributed by atoms with Crippen molar-refractivity contribution in [2.24, 2.45) is 5.92 Å². The molecule has 2 unspecified atom stereocenters. The van der Waals surface area contributed by atoms with Crippen LogP contribution in [0.3, 0.4) is 0 Å². The first-order chi connectivity index (χ1) is 10.1. The molecule has 1 aromatic heterocycles. The van der Waals surface area contributed by atoms with Gasteiger partial charge in [0.05, 0.1) is 5.92 Å². The van der Waals surface area contributed by atoms with E-state index in [1.54, 1.807) is 0 Å². The summed E-state index contributed by atoms with van der Waals surface area (Å²) >= 11 is 0. The number of rotatable bonds is 7. The molecule has 2 aromatic rings. The van der Waals surface area contributed by atoms with Crippen LogP contribution in [0.4, 0.5) is 0 Å². The number of carboxylic acids is 1. The van der Waals surface area contributed by atoms with Crippen LogP contribution in [0, 0.1) is 12.8 Å². The predicted molar refractivity (Wildman–Crippen MR) is 77.8 cm³/mol. The lowest BCUT2D eigenvalue weighted by molar-refractivity contribution is -0.142. The van der Waals surface area contributed by atoms with Crippen LogP contribution in [0.2, 0.25) is 0 Å². The number of aliphatic carboxylic acids is 1. The molecule has 2 atom stereocenters. The number of nitrogens with zero attached hydrogens (tertiary/aromatic N) is 3. The minimum Gasteiger partial charge on any atom is -0.481 e. The maximum absolute atomic E-state index is 11.6. The molecule has 0 aliphatic carbocycles. The Labute approximate surface area is 123 Å². The molecule has 6 nitrogen and oxygen atoms in total. The van der Waals surface area contributed by atoms with Gasteiger partial charge < -0.3 is 5.11 Å². The molecular weight excluding hydrogens is 268 g/mol. The standard InChI is InChI=1S/C15H20N4O2/c1-3-4-12(15(20)21)13(14-16-18-19-17-14)9-11-7-5-10(2)6-8-11/h5-8,12-13H,3-4,9H2,1-2H3,(H,20,21)(H,16,17,18,19). The van der Waals surface area contributed by atoms with E-state index in [4.69, 9.17) is 0 Å². The van der Waals surface area contributed by atoms with E-state index in [-0.39, 0.29) is 5.92 Å². The average Bonchev–Trinajstić information content (AvgIpc) is 2.98. The summed E-state index contributed by atoms with van der Waals surface area (Å²) in [6.45, 7) is 4.01. The highest BCUT2D eigenvalue weighted by atomic mass is 16.4. The number of hydrogen-bond donors (Lipinski definition) is 2. The minimum absolute atomic E-state index is 0.274. The van der Waals surface area contributed by atoms with Gasteiger partial charge in [0.15, 0.2) is 5.82 Å². The molecule has 0 spiro atoms. The van der Waals surface area contributed by atoms with Crippen LogP contribution >= 0.6 is 0 Å². The molecule has 0 saturated heterocycles.